The molecule has 7 nitrogen and oxygen atoms in total. The first-order valence-corrected chi connectivity index (χ1v) is 6.08. The first-order valence-electron chi connectivity index (χ1n) is 5.20. The van der Waals surface area contributed by atoms with Gasteiger partial charge in [-0.25, -0.2) is 14.5 Å². The highest BCUT2D eigenvalue weighted by Gasteiger charge is 2.08. The first kappa shape index (κ1) is 10.9. The van der Waals surface area contributed by atoms with E-state index < -0.39 is 0 Å². The SMILES string of the molecule is Cn1cnn(Cc2nc3ccsc3c(=O)[nH]2)c1=O. The van der Waals surface area contributed by atoms with Crippen molar-refractivity contribution >= 4 is 21.6 Å². The van der Waals surface area contributed by atoms with Gasteiger partial charge in [0.2, 0.25) is 0 Å². The van der Waals surface area contributed by atoms with Crippen molar-refractivity contribution in [1.29, 1.82) is 0 Å². The highest BCUT2D eigenvalue weighted by Crippen LogP contribution is 2.13. The Labute approximate surface area is 104 Å². The molecule has 0 aromatic carbocycles. The van der Waals surface area contributed by atoms with Crippen LogP contribution in [-0.2, 0) is 13.6 Å². The molecule has 18 heavy (non-hydrogen) atoms. The molecule has 0 bridgehead atoms. The predicted molar refractivity (Wildman–Crippen MR) is 66.8 cm³/mol. The predicted octanol–water partition coefficient (Wildman–Crippen LogP) is -0.0719. The van der Waals surface area contributed by atoms with Crippen LogP contribution in [0, 0.1) is 0 Å². The molecule has 8 heteroatoms. The number of fused-ring (bicyclic) bond motifs is 1. The van der Waals surface area contributed by atoms with Crippen LogP contribution < -0.4 is 11.2 Å². The van der Waals surface area contributed by atoms with Crippen LogP contribution in [0.25, 0.3) is 10.2 Å². The minimum absolute atomic E-state index is 0.153. The van der Waals surface area contributed by atoms with Gasteiger partial charge in [-0.05, 0) is 11.4 Å². The van der Waals surface area contributed by atoms with Gasteiger partial charge in [0.25, 0.3) is 5.56 Å². The van der Waals surface area contributed by atoms with Gasteiger partial charge in [-0.3, -0.25) is 9.36 Å². The summed E-state index contributed by atoms with van der Waals surface area (Å²) in [5.41, 5.74) is 0.208. The van der Waals surface area contributed by atoms with Crippen LogP contribution in [0.5, 0.6) is 0 Å². The highest BCUT2D eigenvalue weighted by molar-refractivity contribution is 7.17. The van der Waals surface area contributed by atoms with Crippen LogP contribution in [0.1, 0.15) is 5.82 Å². The van der Waals surface area contributed by atoms with E-state index in [0.717, 1.165) is 0 Å². The number of aromatic amines is 1. The number of thiophene rings is 1. The third-order valence-electron chi connectivity index (χ3n) is 2.55. The molecule has 0 spiro atoms. The lowest BCUT2D eigenvalue weighted by Gasteiger charge is -1.99. The van der Waals surface area contributed by atoms with Gasteiger partial charge < -0.3 is 4.98 Å². The summed E-state index contributed by atoms with van der Waals surface area (Å²) in [4.78, 5) is 30.3. The fourth-order valence-electron chi connectivity index (χ4n) is 1.67. The summed E-state index contributed by atoms with van der Waals surface area (Å²) >= 11 is 1.34. The van der Waals surface area contributed by atoms with Crippen LogP contribution in [0.2, 0.25) is 0 Å². The normalized spacial score (nSPS) is 11.2. The lowest BCUT2D eigenvalue weighted by molar-refractivity contribution is 0.622. The summed E-state index contributed by atoms with van der Waals surface area (Å²) in [5.74, 6) is 0.423. The van der Waals surface area contributed by atoms with E-state index in [1.165, 1.54) is 26.9 Å². The molecule has 0 amide bonds. The summed E-state index contributed by atoms with van der Waals surface area (Å²) in [6, 6.07) is 1.78. The maximum Gasteiger partial charge on any atom is 0.345 e. The summed E-state index contributed by atoms with van der Waals surface area (Å²) in [6.45, 7) is 0.153. The van der Waals surface area contributed by atoms with Crippen molar-refractivity contribution in [2.75, 3.05) is 0 Å². The van der Waals surface area contributed by atoms with Crippen molar-refractivity contribution in [2.45, 2.75) is 6.54 Å². The van der Waals surface area contributed by atoms with Crippen LogP contribution in [0.4, 0.5) is 0 Å². The molecule has 0 radical (unpaired) electrons. The van der Waals surface area contributed by atoms with Crippen LogP contribution in [0.3, 0.4) is 0 Å². The number of nitrogens with one attached hydrogen (secondary N) is 1. The quantitative estimate of drug-likeness (QED) is 0.701. The minimum Gasteiger partial charge on any atom is -0.308 e. The van der Waals surface area contributed by atoms with Gasteiger partial charge in [0.05, 0.1) is 5.52 Å². The first-order chi connectivity index (χ1) is 8.65. The Morgan fingerprint density at radius 3 is 3.00 bits per heavy atom. The summed E-state index contributed by atoms with van der Waals surface area (Å²) in [7, 11) is 1.62. The Bertz CT molecular complexity index is 825. The van der Waals surface area contributed by atoms with E-state index >= 15 is 0 Å². The number of rotatable bonds is 2. The van der Waals surface area contributed by atoms with Crippen molar-refractivity contribution in [1.82, 2.24) is 24.3 Å². The zero-order valence-electron chi connectivity index (χ0n) is 9.45. The van der Waals surface area contributed by atoms with Gasteiger partial charge in [0.15, 0.2) is 0 Å². The Kier molecular flexibility index (Phi) is 2.37. The molecule has 3 heterocycles. The topological polar surface area (TPSA) is 85.6 Å². The average Bonchev–Trinajstić information content (AvgIpc) is 2.91. The van der Waals surface area contributed by atoms with E-state index in [1.54, 1.807) is 13.1 Å². The molecular weight excluding hydrogens is 254 g/mol. The molecule has 0 fully saturated rings. The van der Waals surface area contributed by atoms with E-state index in [4.69, 9.17) is 0 Å². The van der Waals surface area contributed by atoms with E-state index in [2.05, 4.69) is 15.1 Å². The molecule has 0 atom stereocenters. The second kappa shape index (κ2) is 3.91. The van der Waals surface area contributed by atoms with Crippen molar-refractivity contribution < 1.29 is 0 Å². The standard InChI is InChI=1S/C10H9N5O2S/c1-14-5-11-15(10(14)17)4-7-12-6-2-3-18-8(6)9(16)13-7/h2-3,5H,4H2,1H3,(H,12,13,16). The lowest BCUT2D eigenvalue weighted by Crippen LogP contribution is -2.25. The van der Waals surface area contributed by atoms with Crippen molar-refractivity contribution in [3.8, 4) is 0 Å². The van der Waals surface area contributed by atoms with E-state index in [1.807, 2.05) is 5.38 Å². The van der Waals surface area contributed by atoms with Gasteiger partial charge in [-0.2, -0.15) is 5.10 Å². The molecule has 0 aliphatic heterocycles. The second-order valence-corrected chi connectivity index (χ2v) is 4.75. The fourth-order valence-corrected chi connectivity index (χ4v) is 2.39. The average molecular weight is 263 g/mol. The molecule has 3 rings (SSSR count). The number of hydrogen-bond acceptors (Lipinski definition) is 5. The highest BCUT2D eigenvalue weighted by atomic mass is 32.1. The maximum atomic E-state index is 11.7. The van der Waals surface area contributed by atoms with E-state index in [9.17, 15) is 9.59 Å². The Balaban J connectivity index is 2.07. The number of nitrogens with zero attached hydrogens (tertiary/aromatic N) is 4. The molecule has 0 saturated heterocycles. The molecule has 1 N–H and O–H groups in total. The van der Waals surface area contributed by atoms with Crippen LogP contribution in [-0.4, -0.2) is 24.3 Å². The smallest absolute Gasteiger partial charge is 0.308 e. The summed E-state index contributed by atoms with van der Waals surface area (Å²) in [5, 5.41) is 5.72. The Morgan fingerprint density at radius 2 is 2.28 bits per heavy atom. The van der Waals surface area contributed by atoms with Gasteiger partial charge in [0, 0.05) is 7.05 Å². The minimum atomic E-state index is -0.247. The Morgan fingerprint density at radius 1 is 1.44 bits per heavy atom. The van der Waals surface area contributed by atoms with Crippen LogP contribution in [0.15, 0.2) is 27.4 Å². The van der Waals surface area contributed by atoms with Gasteiger partial charge in [-0.1, -0.05) is 0 Å². The molecule has 0 aliphatic rings. The molecule has 0 aliphatic carbocycles. The van der Waals surface area contributed by atoms with Crippen molar-refractivity contribution in [2.24, 2.45) is 7.05 Å². The fraction of sp³-hybridized carbons (Fsp3) is 0.200. The molecule has 0 saturated carbocycles. The van der Waals surface area contributed by atoms with Gasteiger partial charge in [0.1, 0.15) is 23.4 Å². The molecule has 3 aromatic heterocycles. The second-order valence-electron chi connectivity index (χ2n) is 3.83. The largest absolute Gasteiger partial charge is 0.345 e. The summed E-state index contributed by atoms with van der Waals surface area (Å²) in [6.07, 6.45) is 1.42. The maximum absolute atomic E-state index is 11.7. The zero-order chi connectivity index (χ0) is 12.7. The van der Waals surface area contributed by atoms with Crippen LogP contribution >= 0.6 is 11.3 Å². The number of hydrogen-bond donors (Lipinski definition) is 1. The third kappa shape index (κ3) is 1.66. The van der Waals surface area contributed by atoms with Crippen molar-refractivity contribution in [3.63, 3.8) is 0 Å². The van der Waals surface area contributed by atoms with E-state index in [-0.39, 0.29) is 17.8 Å². The van der Waals surface area contributed by atoms with E-state index in [0.29, 0.717) is 16.0 Å². The van der Waals surface area contributed by atoms with Gasteiger partial charge >= 0.3 is 5.69 Å². The molecular formula is C10H9N5O2S. The number of aromatic nitrogens is 5. The summed E-state index contributed by atoms with van der Waals surface area (Å²) < 4.78 is 3.20. The lowest BCUT2D eigenvalue weighted by atomic mass is 10.4. The van der Waals surface area contributed by atoms with Crippen molar-refractivity contribution in [3.05, 3.63) is 44.4 Å². The van der Waals surface area contributed by atoms with Gasteiger partial charge in [-0.15, -0.1) is 11.3 Å². The zero-order valence-corrected chi connectivity index (χ0v) is 10.3. The molecule has 92 valence electrons. The molecule has 3 aromatic rings. The third-order valence-corrected chi connectivity index (χ3v) is 3.45. The Hall–Kier alpha value is -2.22. The number of aryl methyl sites for hydroxylation is 1. The monoisotopic (exact) mass is 263 g/mol. The number of H-pyrrole nitrogens is 1. The molecule has 0 unspecified atom stereocenters.